The van der Waals surface area contributed by atoms with E-state index in [2.05, 4.69) is 43.1 Å². The third-order valence-corrected chi connectivity index (χ3v) is 6.96. The molecule has 8 heteroatoms. The first-order valence-corrected chi connectivity index (χ1v) is 13.1. The van der Waals surface area contributed by atoms with Crippen LogP contribution in [0.2, 0.25) is 10.0 Å². The maximum atomic E-state index is 12.6. The molecule has 3 aromatic rings. The van der Waals surface area contributed by atoms with Crippen LogP contribution in [0.5, 0.6) is 0 Å². The monoisotopic (exact) mass is 504 g/mol. The fraction of sp³-hybridized carbons (Fsp3) is 0.400. The van der Waals surface area contributed by atoms with Crippen LogP contribution in [-0.2, 0) is 4.79 Å². The summed E-state index contributed by atoms with van der Waals surface area (Å²) in [6.07, 6.45) is 3.28. The Bertz CT molecular complexity index is 1060. The first-order valence-electron chi connectivity index (χ1n) is 11.3. The van der Waals surface area contributed by atoms with Crippen LogP contribution in [0.1, 0.15) is 45.1 Å². The molecule has 0 aliphatic carbocycles. The SMILES string of the molecule is CCCN(CCC)C(=O)CCCSc1nnc(-c2ccc(C)cc2)n1-c1ccc(Cl)c(Cl)c1. The lowest BCUT2D eigenvalue weighted by molar-refractivity contribution is -0.131. The summed E-state index contributed by atoms with van der Waals surface area (Å²) in [6.45, 7) is 7.91. The van der Waals surface area contributed by atoms with Crippen LogP contribution >= 0.6 is 35.0 Å². The molecular formula is C25H30Cl2N4OS. The van der Waals surface area contributed by atoms with Crippen molar-refractivity contribution in [2.75, 3.05) is 18.8 Å². The summed E-state index contributed by atoms with van der Waals surface area (Å²) in [5, 5.41) is 10.7. The second kappa shape index (κ2) is 12.4. The quantitative estimate of drug-likeness (QED) is 0.207. The van der Waals surface area contributed by atoms with E-state index in [0.29, 0.717) is 16.5 Å². The van der Waals surface area contributed by atoms with Gasteiger partial charge in [-0.15, -0.1) is 10.2 Å². The summed E-state index contributed by atoms with van der Waals surface area (Å²) in [4.78, 5) is 14.5. The highest BCUT2D eigenvalue weighted by Gasteiger charge is 2.18. The maximum Gasteiger partial charge on any atom is 0.222 e. The molecule has 1 heterocycles. The van der Waals surface area contributed by atoms with Gasteiger partial charge in [-0.05, 0) is 44.4 Å². The molecule has 0 spiro atoms. The first kappa shape index (κ1) is 25.6. The van der Waals surface area contributed by atoms with Gasteiger partial charge < -0.3 is 4.90 Å². The number of amides is 1. The van der Waals surface area contributed by atoms with Crippen LogP contribution in [0.25, 0.3) is 17.1 Å². The molecule has 176 valence electrons. The number of thioether (sulfide) groups is 1. The van der Waals surface area contributed by atoms with E-state index in [1.807, 2.05) is 33.7 Å². The molecule has 0 atom stereocenters. The molecule has 3 rings (SSSR count). The Morgan fingerprint density at radius 3 is 2.33 bits per heavy atom. The van der Waals surface area contributed by atoms with E-state index in [1.54, 1.807) is 17.8 Å². The lowest BCUT2D eigenvalue weighted by Crippen LogP contribution is -2.32. The minimum absolute atomic E-state index is 0.227. The Balaban J connectivity index is 1.78. The van der Waals surface area contributed by atoms with Crippen molar-refractivity contribution in [1.82, 2.24) is 19.7 Å². The van der Waals surface area contributed by atoms with Crippen molar-refractivity contribution in [2.45, 2.75) is 51.6 Å². The number of carbonyl (C=O) groups excluding carboxylic acids is 1. The molecule has 0 aliphatic heterocycles. The van der Waals surface area contributed by atoms with Crippen LogP contribution in [0.15, 0.2) is 47.6 Å². The standard InChI is InChI=1S/C25H30Cl2N4OS/c1-4-14-30(15-5-2)23(32)7-6-16-33-25-29-28-24(19-10-8-18(3)9-11-19)31(25)20-12-13-21(26)22(27)17-20/h8-13,17H,4-7,14-16H2,1-3H3. The molecule has 0 radical (unpaired) electrons. The van der Waals surface area contributed by atoms with Gasteiger partial charge in [0, 0.05) is 30.8 Å². The lowest BCUT2D eigenvalue weighted by Gasteiger charge is -2.21. The number of nitrogens with zero attached hydrogens (tertiary/aromatic N) is 4. The average Bonchev–Trinajstić information content (AvgIpc) is 3.22. The van der Waals surface area contributed by atoms with E-state index in [1.165, 1.54) is 5.56 Å². The summed E-state index contributed by atoms with van der Waals surface area (Å²) in [5.41, 5.74) is 3.00. The molecule has 1 aromatic heterocycles. The van der Waals surface area contributed by atoms with Crippen molar-refractivity contribution >= 4 is 40.9 Å². The number of rotatable bonds is 11. The fourth-order valence-corrected chi connectivity index (χ4v) is 4.74. The van der Waals surface area contributed by atoms with Gasteiger partial charge in [-0.25, -0.2) is 0 Å². The molecule has 0 fully saturated rings. The van der Waals surface area contributed by atoms with E-state index in [4.69, 9.17) is 23.2 Å². The number of halogens is 2. The molecule has 1 amide bonds. The molecular weight excluding hydrogens is 475 g/mol. The van der Waals surface area contributed by atoms with Crippen molar-refractivity contribution in [3.63, 3.8) is 0 Å². The number of hydrogen-bond donors (Lipinski definition) is 0. The molecule has 0 unspecified atom stereocenters. The van der Waals surface area contributed by atoms with Crippen LogP contribution in [0.4, 0.5) is 0 Å². The smallest absolute Gasteiger partial charge is 0.222 e. The Labute approximate surface area is 210 Å². The number of hydrogen-bond acceptors (Lipinski definition) is 4. The van der Waals surface area contributed by atoms with Gasteiger partial charge in [0.1, 0.15) is 0 Å². The predicted molar refractivity (Wildman–Crippen MR) is 139 cm³/mol. The highest BCUT2D eigenvalue weighted by molar-refractivity contribution is 7.99. The largest absolute Gasteiger partial charge is 0.343 e. The summed E-state index contributed by atoms with van der Waals surface area (Å²) in [6, 6.07) is 13.7. The zero-order valence-corrected chi connectivity index (χ0v) is 21.7. The second-order valence-electron chi connectivity index (χ2n) is 7.94. The molecule has 0 bridgehead atoms. The van der Waals surface area contributed by atoms with E-state index in [9.17, 15) is 4.79 Å². The van der Waals surface area contributed by atoms with Gasteiger partial charge in [-0.3, -0.25) is 9.36 Å². The Kier molecular flexibility index (Phi) is 9.65. The van der Waals surface area contributed by atoms with Gasteiger partial charge in [0.15, 0.2) is 11.0 Å². The highest BCUT2D eigenvalue weighted by Crippen LogP contribution is 2.31. The molecule has 2 aromatic carbocycles. The third kappa shape index (κ3) is 6.75. The van der Waals surface area contributed by atoms with E-state index in [0.717, 1.165) is 60.3 Å². The van der Waals surface area contributed by atoms with Crippen molar-refractivity contribution in [1.29, 1.82) is 0 Å². The number of aryl methyl sites for hydroxylation is 1. The topological polar surface area (TPSA) is 51.0 Å². The molecule has 0 aliphatic rings. The third-order valence-electron chi connectivity index (χ3n) is 5.21. The molecule has 0 N–H and O–H groups in total. The summed E-state index contributed by atoms with van der Waals surface area (Å²) >= 11 is 14.0. The molecule has 5 nitrogen and oxygen atoms in total. The van der Waals surface area contributed by atoms with E-state index >= 15 is 0 Å². The summed E-state index contributed by atoms with van der Waals surface area (Å²) in [5.74, 6) is 1.74. The Morgan fingerprint density at radius 1 is 1.00 bits per heavy atom. The maximum absolute atomic E-state index is 12.6. The number of aromatic nitrogens is 3. The minimum Gasteiger partial charge on any atom is -0.343 e. The highest BCUT2D eigenvalue weighted by atomic mass is 35.5. The zero-order valence-electron chi connectivity index (χ0n) is 19.4. The van der Waals surface area contributed by atoms with Gasteiger partial charge in [-0.1, -0.05) is 78.6 Å². The zero-order chi connectivity index (χ0) is 23.8. The lowest BCUT2D eigenvalue weighted by atomic mass is 10.1. The van der Waals surface area contributed by atoms with Gasteiger partial charge in [-0.2, -0.15) is 0 Å². The molecule has 33 heavy (non-hydrogen) atoms. The minimum atomic E-state index is 0.227. The number of carbonyl (C=O) groups is 1. The summed E-state index contributed by atoms with van der Waals surface area (Å²) in [7, 11) is 0. The van der Waals surface area contributed by atoms with Crippen molar-refractivity contribution in [2.24, 2.45) is 0 Å². The van der Waals surface area contributed by atoms with Gasteiger partial charge >= 0.3 is 0 Å². The van der Waals surface area contributed by atoms with Gasteiger partial charge in [0.05, 0.1) is 15.7 Å². The fourth-order valence-electron chi connectivity index (χ4n) is 3.56. The van der Waals surface area contributed by atoms with Crippen LogP contribution in [0, 0.1) is 6.92 Å². The van der Waals surface area contributed by atoms with Crippen LogP contribution in [0.3, 0.4) is 0 Å². The molecule has 0 saturated heterocycles. The predicted octanol–water partition coefficient (Wildman–Crippen LogP) is 7.07. The summed E-state index contributed by atoms with van der Waals surface area (Å²) < 4.78 is 2.00. The Morgan fingerprint density at radius 2 is 1.70 bits per heavy atom. The molecule has 0 saturated carbocycles. The van der Waals surface area contributed by atoms with Crippen LogP contribution < -0.4 is 0 Å². The van der Waals surface area contributed by atoms with Gasteiger partial charge in [0.2, 0.25) is 5.91 Å². The normalized spacial score (nSPS) is 11.1. The van der Waals surface area contributed by atoms with Crippen molar-refractivity contribution in [3.8, 4) is 17.1 Å². The van der Waals surface area contributed by atoms with E-state index < -0.39 is 0 Å². The first-order chi connectivity index (χ1) is 15.9. The average molecular weight is 506 g/mol. The van der Waals surface area contributed by atoms with Crippen molar-refractivity contribution in [3.05, 3.63) is 58.1 Å². The van der Waals surface area contributed by atoms with Gasteiger partial charge in [0.25, 0.3) is 0 Å². The van der Waals surface area contributed by atoms with Crippen LogP contribution in [-0.4, -0.2) is 44.4 Å². The number of benzene rings is 2. The van der Waals surface area contributed by atoms with Crippen molar-refractivity contribution < 1.29 is 4.79 Å². The van der Waals surface area contributed by atoms with E-state index in [-0.39, 0.29) is 5.91 Å². The Hall–Kier alpha value is -2.02. The second-order valence-corrected chi connectivity index (χ2v) is 9.82.